The Bertz CT molecular complexity index is 717. The van der Waals surface area contributed by atoms with Crippen molar-refractivity contribution in [1.82, 2.24) is 5.32 Å². The van der Waals surface area contributed by atoms with Gasteiger partial charge in [0.25, 0.3) is 5.91 Å². The van der Waals surface area contributed by atoms with Crippen molar-refractivity contribution in [3.05, 3.63) is 17.7 Å². The van der Waals surface area contributed by atoms with Gasteiger partial charge in [-0.05, 0) is 37.3 Å². The topological polar surface area (TPSA) is 83.1 Å². The van der Waals surface area contributed by atoms with Gasteiger partial charge in [-0.25, -0.2) is 4.79 Å². The summed E-state index contributed by atoms with van der Waals surface area (Å²) in [4.78, 5) is 25.1. The van der Waals surface area contributed by atoms with E-state index in [4.69, 9.17) is 18.9 Å². The van der Waals surface area contributed by atoms with Crippen LogP contribution in [0.4, 0.5) is 0 Å². The van der Waals surface area contributed by atoms with E-state index in [1.165, 1.54) is 19.6 Å². The third kappa shape index (κ3) is 4.34. The number of carbonyl (C=O) groups is 2. The molecule has 2 aliphatic rings. The quantitative estimate of drug-likeness (QED) is 0.777. The second-order valence-corrected chi connectivity index (χ2v) is 7.63. The van der Waals surface area contributed by atoms with E-state index in [2.05, 4.69) is 19.2 Å². The zero-order chi connectivity index (χ0) is 20.3. The molecule has 0 radical (unpaired) electrons. The maximum Gasteiger partial charge on any atom is 0.339 e. The summed E-state index contributed by atoms with van der Waals surface area (Å²) < 4.78 is 21.8. The van der Waals surface area contributed by atoms with Gasteiger partial charge in [-0.3, -0.25) is 4.79 Å². The van der Waals surface area contributed by atoms with Crippen LogP contribution in [0.3, 0.4) is 0 Å². The average Bonchev–Trinajstić information content (AvgIpc) is 2.70. The Morgan fingerprint density at radius 3 is 2.68 bits per heavy atom. The van der Waals surface area contributed by atoms with Gasteiger partial charge in [0.1, 0.15) is 13.2 Å². The molecule has 0 saturated heterocycles. The molecule has 1 amide bonds. The van der Waals surface area contributed by atoms with Crippen molar-refractivity contribution in [2.24, 2.45) is 11.8 Å². The Morgan fingerprint density at radius 2 is 1.93 bits per heavy atom. The smallest absolute Gasteiger partial charge is 0.339 e. The van der Waals surface area contributed by atoms with E-state index in [-0.39, 0.29) is 17.5 Å². The molecule has 1 fully saturated rings. The van der Waals surface area contributed by atoms with Crippen LogP contribution in [-0.2, 0) is 9.53 Å². The third-order valence-electron chi connectivity index (χ3n) is 5.75. The van der Waals surface area contributed by atoms with Crippen LogP contribution in [-0.4, -0.2) is 44.3 Å². The number of esters is 1. The van der Waals surface area contributed by atoms with E-state index < -0.39 is 12.1 Å². The molecule has 1 N–H and O–H groups in total. The van der Waals surface area contributed by atoms with Crippen molar-refractivity contribution in [3.63, 3.8) is 0 Å². The molecule has 1 aromatic rings. The van der Waals surface area contributed by atoms with Gasteiger partial charge in [0, 0.05) is 6.04 Å². The van der Waals surface area contributed by atoms with Gasteiger partial charge in [0.05, 0.1) is 12.7 Å². The molecule has 0 bridgehead atoms. The maximum absolute atomic E-state index is 12.6. The predicted molar refractivity (Wildman–Crippen MR) is 103 cm³/mol. The first-order chi connectivity index (χ1) is 13.4. The number of fused-ring (bicyclic) bond motifs is 1. The first-order valence-corrected chi connectivity index (χ1v) is 9.89. The normalized spacial score (nSPS) is 24.8. The molecule has 1 aliphatic heterocycles. The number of benzene rings is 1. The highest BCUT2D eigenvalue weighted by molar-refractivity contribution is 5.93. The van der Waals surface area contributed by atoms with Gasteiger partial charge < -0.3 is 24.3 Å². The second kappa shape index (κ2) is 8.71. The Morgan fingerprint density at radius 1 is 1.18 bits per heavy atom. The molecule has 7 nitrogen and oxygen atoms in total. The summed E-state index contributed by atoms with van der Waals surface area (Å²) in [6, 6.07) is 3.20. The van der Waals surface area contributed by atoms with Gasteiger partial charge in [-0.15, -0.1) is 0 Å². The molecule has 0 unspecified atom stereocenters. The number of amides is 1. The largest absolute Gasteiger partial charge is 0.493 e. The number of hydrogen-bond acceptors (Lipinski definition) is 6. The Kier molecular flexibility index (Phi) is 6.31. The van der Waals surface area contributed by atoms with Crippen molar-refractivity contribution >= 4 is 11.9 Å². The lowest BCUT2D eigenvalue weighted by molar-refractivity contribution is -0.130. The molecule has 1 aromatic carbocycles. The number of carbonyl (C=O) groups excluding carboxylic acids is 2. The van der Waals surface area contributed by atoms with E-state index in [0.29, 0.717) is 42.3 Å². The summed E-state index contributed by atoms with van der Waals surface area (Å²) in [6.45, 7) is 6.77. The van der Waals surface area contributed by atoms with Crippen LogP contribution in [0.25, 0.3) is 0 Å². The zero-order valence-corrected chi connectivity index (χ0v) is 16.9. The highest BCUT2D eigenvalue weighted by Gasteiger charge is 2.30. The van der Waals surface area contributed by atoms with Crippen LogP contribution in [0, 0.1) is 11.8 Å². The Labute approximate surface area is 165 Å². The second-order valence-electron chi connectivity index (χ2n) is 7.63. The molecular formula is C21H29NO6. The van der Waals surface area contributed by atoms with Crippen LogP contribution in [0.15, 0.2) is 12.1 Å². The number of hydrogen-bond donors (Lipinski definition) is 1. The lowest BCUT2D eigenvalue weighted by Gasteiger charge is -2.35. The summed E-state index contributed by atoms with van der Waals surface area (Å²) in [5.41, 5.74) is 0.250. The Hall–Kier alpha value is -2.44. The number of rotatable bonds is 5. The molecule has 0 aromatic heterocycles. The molecule has 3 rings (SSSR count). The first kappa shape index (κ1) is 20.3. The van der Waals surface area contributed by atoms with E-state index in [0.717, 1.165) is 12.8 Å². The van der Waals surface area contributed by atoms with Crippen molar-refractivity contribution in [3.8, 4) is 17.2 Å². The molecule has 154 valence electrons. The average molecular weight is 391 g/mol. The molecule has 7 heteroatoms. The van der Waals surface area contributed by atoms with Crippen molar-refractivity contribution in [1.29, 1.82) is 0 Å². The van der Waals surface area contributed by atoms with E-state index in [1.807, 2.05) is 0 Å². The lowest BCUT2D eigenvalue weighted by Crippen LogP contribution is -2.47. The van der Waals surface area contributed by atoms with Crippen LogP contribution in [0.2, 0.25) is 0 Å². The zero-order valence-electron chi connectivity index (χ0n) is 16.9. The molecule has 4 atom stereocenters. The first-order valence-electron chi connectivity index (χ1n) is 9.89. The fourth-order valence-corrected chi connectivity index (χ4v) is 3.76. The minimum atomic E-state index is -0.892. The minimum Gasteiger partial charge on any atom is -0.493 e. The van der Waals surface area contributed by atoms with Gasteiger partial charge >= 0.3 is 5.97 Å². The van der Waals surface area contributed by atoms with Crippen molar-refractivity contribution in [2.45, 2.75) is 52.2 Å². The number of ether oxygens (including phenoxy) is 4. The van der Waals surface area contributed by atoms with Crippen LogP contribution in [0.1, 0.15) is 50.4 Å². The number of nitrogens with one attached hydrogen (secondary N) is 1. The summed E-state index contributed by atoms with van der Waals surface area (Å²) in [5, 5.41) is 3.04. The highest BCUT2D eigenvalue weighted by Crippen LogP contribution is 2.40. The fraction of sp³-hybridized carbons (Fsp3) is 0.619. The van der Waals surface area contributed by atoms with Gasteiger partial charge in [0.15, 0.2) is 17.6 Å². The lowest BCUT2D eigenvalue weighted by atomic mass is 9.78. The highest BCUT2D eigenvalue weighted by atomic mass is 16.6. The van der Waals surface area contributed by atoms with Crippen LogP contribution in [0.5, 0.6) is 17.2 Å². The maximum atomic E-state index is 12.6. The summed E-state index contributed by atoms with van der Waals surface area (Å²) in [5.74, 6) is 1.39. The van der Waals surface area contributed by atoms with E-state index in [1.54, 1.807) is 13.0 Å². The van der Waals surface area contributed by atoms with Crippen molar-refractivity contribution < 1.29 is 28.5 Å². The van der Waals surface area contributed by atoms with Gasteiger partial charge in [0.2, 0.25) is 5.75 Å². The van der Waals surface area contributed by atoms with E-state index in [9.17, 15) is 9.59 Å². The molecule has 0 spiro atoms. The molecule has 28 heavy (non-hydrogen) atoms. The fourth-order valence-electron chi connectivity index (χ4n) is 3.76. The predicted octanol–water partition coefficient (Wildman–Crippen LogP) is 2.95. The standard InChI is InChI=1S/C21H29NO6/c1-12-6-5-7-16(13(12)2)22-20(23)14(3)28-21(24)15-10-17(25-4)19-18(11-15)26-8-9-27-19/h10-14,16H,5-9H2,1-4H3,(H,22,23)/t12-,13-,14-,16-/m1/s1. The third-order valence-corrected chi connectivity index (χ3v) is 5.75. The van der Waals surface area contributed by atoms with Crippen LogP contribution >= 0.6 is 0 Å². The Balaban J connectivity index is 1.64. The molecule has 1 aliphatic carbocycles. The van der Waals surface area contributed by atoms with Crippen LogP contribution < -0.4 is 19.5 Å². The summed E-state index contributed by atoms with van der Waals surface area (Å²) >= 11 is 0. The van der Waals surface area contributed by atoms with Gasteiger partial charge in [-0.2, -0.15) is 0 Å². The summed E-state index contributed by atoms with van der Waals surface area (Å²) in [7, 11) is 1.49. The van der Waals surface area contributed by atoms with Crippen molar-refractivity contribution in [2.75, 3.05) is 20.3 Å². The number of methoxy groups -OCH3 is 1. The van der Waals surface area contributed by atoms with E-state index >= 15 is 0 Å². The van der Waals surface area contributed by atoms with Gasteiger partial charge in [-0.1, -0.05) is 26.7 Å². The monoisotopic (exact) mass is 391 g/mol. The minimum absolute atomic E-state index is 0.117. The SMILES string of the molecule is COc1cc(C(=O)O[C@H](C)C(=O)N[C@@H]2CCC[C@@H](C)[C@H]2C)cc2c1OCCO2. The molecule has 1 heterocycles. The molecule has 1 saturated carbocycles. The molecular weight excluding hydrogens is 362 g/mol. The summed E-state index contributed by atoms with van der Waals surface area (Å²) in [6.07, 6.45) is 2.35.